The molecular formula is C25H31ClN2O3. The van der Waals surface area contributed by atoms with Crippen LogP contribution in [0.2, 0.25) is 5.02 Å². The van der Waals surface area contributed by atoms with Crippen LogP contribution < -0.4 is 10.1 Å². The average Bonchev–Trinajstić information content (AvgIpc) is 2.79. The van der Waals surface area contributed by atoms with Gasteiger partial charge in [0.05, 0.1) is 0 Å². The Kier molecular flexibility index (Phi) is 8.35. The lowest BCUT2D eigenvalue weighted by Crippen LogP contribution is -2.51. The molecule has 2 aromatic carbocycles. The molecule has 1 fully saturated rings. The second-order valence-corrected chi connectivity index (χ2v) is 8.63. The standard InChI is InChI=1S/C25H31ClN2O3/c1-18-15-22(13-14-23(18)26)31-17-24(29)28(16-20-9-5-3-6-10-20)19(2)25(30)27-21-11-7-4-8-12-21/h3,5-6,9-10,13-15,19,21H,4,7-8,11-12,16-17H2,1-2H3,(H,27,30)/t19-/m0/s1. The number of amides is 2. The fraction of sp³-hybridized carbons (Fsp3) is 0.440. The van der Waals surface area contributed by atoms with Gasteiger partial charge in [-0.1, -0.05) is 61.2 Å². The number of hydrogen-bond donors (Lipinski definition) is 1. The minimum Gasteiger partial charge on any atom is -0.484 e. The van der Waals surface area contributed by atoms with E-state index in [1.54, 1.807) is 30.0 Å². The third kappa shape index (κ3) is 6.73. The molecule has 0 radical (unpaired) electrons. The Labute approximate surface area is 189 Å². The van der Waals surface area contributed by atoms with Crippen LogP contribution in [0.5, 0.6) is 5.75 Å². The van der Waals surface area contributed by atoms with Gasteiger partial charge >= 0.3 is 0 Å². The van der Waals surface area contributed by atoms with Crippen molar-refractivity contribution in [3.05, 3.63) is 64.7 Å². The van der Waals surface area contributed by atoms with E-state index in [4.69, 9.17) is 16.3 Å². The molecule has 2 amide bonds. The topological polar surface area (TPSA) is 58.6 Å². The Morgan fingerprint density at radius 2 is 1.84 bits per heavy atom. The molecule has 3 rings (SSSR count). The summed E-state index contributed by atoms with van der Waals surface area (Å²) in [4.78, 5) is 27.6. The van der Waals surface area contributed by atoms with Gasteiger partial charge in [-0.2, -0.15) is 0 Å². The van der Waals surface area contributed by atoms with E-state index in [1.807, 2.05) is 37.3 Å². The highest BCUT2D eigenvalue weighted by molar-refractivity contribution is 6.31. The van der Waals surface area contributed by atoms with Crippen molar-refractivity contribution in [2.75, 3.05) is 6.61 Å². The fourth-order valence-electron chi connectivity index (χ4n) is 3.87. The maximum atomic E-state index is 13.1. The van der Waals surface area contributed by atoms with Crippen LogP contribution in [0, 0.1) is 6.92 Å². The molecule has 1 saturated carbocycles. The Bertz CT molecular complexity index is 882. The van der Waals surface area contributed by atoms with Crippen LogP contribution in [0.25, 0.3) is 0 Å². The van der Waals surface area contributed by atoms with Crippen LogP contribution >= 0.6 is 11.6 Å². The van der Waals surface area contributed by atoms with Crippen LogP contribution in [0.1, 0.15) is 50.2 Å². The van der Waals surface area contributed by atoms with E-state index in [9.17, 15) is 9.59 Å². The third-order valence-electron chi connectivity index (χ3n) is 5.81. The number of ether oxygens (including phenoxy) is 1. The molecular weight excluding hydrogens is 412 g/mol. The smallest absolute Gasteiger partial charge is 0.261 e. The molecule has 1 aliphatic carbocycles. The van der Waals surface area contributed by atoms with Crippen LogP contribution in [-0.2, 0) is 16.1 Å². The average molecular weight is 443 g/mol. The first kappa shape index (κ1) is 23.1. The molecule has 0 aliphatic heterocycles. The van der Waals surface area contributed by atoms with Gasteiger partial charge < -0.3 is 15.0 Å². The predicted molar refractivity (Wildman–Crippen MR) is 123 cm³/mol. The number of carbonyl (C=O) groups excluding carboxylic acids is 2. The number of nitrogens with one attached hydrogen (secondary N) is 1. The van der Waals surface area contributed by atoms with Gasteiger partial charge in [-0.15, -0.1) is 0 Å². The molecule has 166 valence electrons. The summed E-state index contributed by atoms with van der Waals surface area (Å²) < 4.78 is 5.72. The number of rotatable bonds is 8. The Hall–Kier alpha value is -2.53. The molecule has 6 heteroatoms. The lowest BCUT2D eigenvalue weighted by molar-refractivity contribution is -0.142. The van der Waals surface area contributed by atoms with Crippen molar-refractivity contribution in [3.8, 4) is 5.75 Å². The molecule has 1 N–H and O–H groups in total. The van der Waals surface area contributed by atoms with Crippen LogP contribution in [0.15, 0.2) is 48.5 Å². The fourth-order valence-corrected chi connectivity index (χ4v) is 3.98. The summed E-state index contributed by atoms with van der Waals surface area (Å²) in [5, 5.41) is 3.79. The summed E-state index contributed by atoms with van der Waals surface area (Å²) in [5.41, 5.74) is 1.85. The van der Waals surface area contributed by atoms with E-state index in [0.29, 0.717) is 17.3 Å². The summed E-state index contributed by atoms with van der Waals surface area (Å²) >= 11 is 6.07. The first-order chi connectivity index (χ1) is 14.9. The summed E-state index contributed by atoms with van der Waals surface area (Å²) in [7, 11) is 0. The highest BCUT2D eigenvalue weighted by atomic mass is 35.5. The van der Waals surface area contributed by atoms with Crippen molar-refractivity contribution >= 4 is 23.4 Å². The van der Waals surface area contributed by atoms with Crippen molar-refractivity contribution in [1.82, 2.24) is 10.2 Å². The number of carbonyl (C=O) groups is 2. The minimum atomic E-state index is -0.592. The molecule has 0 heterocycles. The van der Waals surface area contributed by atoms with E-state index in [-0.39, 0.29) is 24.5 Å². The van der Waals surface area contributed by atoms with Crippen molar-refractivity contribution in [2.45, 2.75) is 64.6 Å². The van der Waals surface area contributed by atoms with Crippen LogP contribution in [-0.4, -0.2) is 35.4 Å². The number of nitrogens with zero attached hydrogens (tertiary/aromatic N) is 1. The first-order valence-corrected chi connectivity index (χ1v) is 11.3. The SMILES string of the molecule is Cc1cc(OCC(=O)N(Cc2ccccc2)[C@@H](C)C(=O)NC2CCCCC2)ccc1Cl. The van der Waals surface area contributed by atoms with E-state index in [2.05, 4.69) is 5.32 Å². The van der Waals surface area contributed by atoms with Gasteiger partial charge in [0, 0.05) is 17.6 Å². The molecule has 1 aliphatic rings. The van der Waals surface area contributed by atoms with Gasteiger partial charge in [0.15, 0.2) is 6.61 Å². The Morgan fingerprint density at radius 1 is 1.13 bits per heavy atom. The van der Waals surface area contributed by atoms with Crippen molar-refractivity contribution in [1.29, 1.82) is 0 Å². The highest BCUT2D eigenvalue weighted by Gasteiger charge is 2.28. The maximum absolute atomic E-state index is 13.1. The molecule has 0 saturated heterocycles. The first-order valence-electron chi connectivity index (χ1n) is 11.0. The quantitative estimate of drug-likeness (QED) is 0.633. The second kappa shape index (κ2) is 11.2. The van der Waals surface area contributed by atoms with E-state index < -0.39 is 6.04 Å². The predicted octanol–water partition coefficient (Wildman–Crippen LogP) is 4.89. The van der Waals surface area contributed by atoms with Crippen molar-refractivity contribution in [3.63, 3.8) is 0 Å². The third-order valence-corrected chi connectivity index (χ3v) is 6.23. The Morgan fingerprint density at radius 3 is 2.52 bits per heavy atom. The molecule has 0 bridgehead atoms. The largest absolute Gasteiger partial charge is 0.484 e. The van der Waals surface area contributed by atoms with E-state index in [0.717, 1.165) is 36.8 Å². The molecule has 0 unspecified atom stereocenters. The number of benzene rings is 2. The molecule has 0 spiro atoms. The highest BCUT2D eigenvalue weighted by Crippen LogP contribution is 2.22. The number of halogens is 1. The second-order valence-electron chi connectivity index (χ2n) is 8.23. The number of aryl methyl sites for hydroxylation is 1. The number of hydrogen-bond acceptors (Lipinski definition) is 3. The molecule has 2 aromatic rings. The monoisotopic (exact) mass is 442 g/mol. The Balaban J connectivity index is 1.68. The van der Waals surface area contributed by atoms with Gasteiger partial charge in [0.2, 0.25) is 5.91 Å². The minimum absolute atomic E-state index is 0.112. The van der Waals surface area contributed by atoms with Gasteiger partial charge in [0.25, 0.3) is 5.91 Å². The zero-order valence-corrected chi connectivity index (χ0v) is 19.0. The maximum Gasteiger partial charge on any atom is 0.261 e. The van der Waals surface area contributed by atoms with Gasteiger partial charge in [-0.05, 0) is 56.0 Å². The molecule has 5 nitrogen and oxygen atoms in total. The van der Waals surface area contributed by atoms with E-state index in [1.165, 1.54) is 6.42 Å². The van der Waals surface area contributed by atoms with E-state index >= 15 is 0 Å². The normalized spacial score (nSPS) is 15.2. The summed E-state index contributed by atoms with van der Waals surface area (Å²) in [6, 6.07) is 14.6. The lowest BCUT2D eigenvalue weighted by atomic mass is 9.95. The molecule has 0 aromatic heterocycles. The summed E-state index contributed by atoms with van der Waals surface area (Å²) in [6.45, 7) is 3.87. The molecule has 1 atom stereocenters. The zero-order valence-electron chi connectivity index (χ0n) is 18.3. The van der Waals surface area contributed by atoms with Crippen molar-refractivity contribution < 1.29 is 14.3 Å². The van der Waals surface area contributed by atoms with Crippen molar-refractivity contribution in [2.24, 2.45) is 0 Å². The molecule has 31 heavy (non-hydrogen) atoms. The summed E-state index contributed by atoms with van der Waals surface area (Å²) in [5.74, 6) is 0.232. The zero-order chi connectivity index (χ0) is 22.2. The summed E-state index contributed by atoms with van der Waals surface area (Å²) in [6.07, 6.45) is 5.51. The lowest BCUT2D eigenvalue weighted by Gasteiger charge is -2.31. The van der Waals surface area contributed by atoms with Gasteiger partial charge in [-0.3, -0.25) is 9.59 Å². The van der Waals surface area contributed by atoms with Gasteiger partial charge in [0.1, 0.15) is 11.8 Å². The van der Waals surface area contributed by atoms with Crippen LogP contribution in [0.3, 0.4) is 0 Å². The van der Waals surface area contributed by atoms with Crippen LogP contribution in [0.4, 0.5) is 0 Å². The van der Waals surface area contributed by atoms with Gasteiger partial charge in [-0.25, -0.2) is 0 Å².